The minimum atomic E-state index is -0.257. The van der Waals surface area contributed by atoms with Crippen molar-refractivity contribution in [2.75, 3.05) is 0 Å². The Morgan fingerprint density at radius 2 is 1.90 bits per heavy atom. The van der Waals surface area contributed by atoms with Gasteiger partial charge in [0.25, 0.3) is 5.91 Å². The number of hydrogen-bond acceptors (Lipinski definition) is 3. The van der Waals surface area contributed by atoms with E-state index in [4.69, 9.17) is 32.7 Å². The summed E-state index contributed by atoms with van der Waals surface area (Å²) in [4.78, 5) is 14.5. The second-order valence-electron chi connectivity index (χ2n) is 7.22. The van der Waals surface area contributed by atoms with Gasteiger partial charge in [-0.05, 0) is 30.5 Å². The predicted octanol–water partition coefficient (Wildman–Crippen LogP) is 7.02. The summed E-state index contributed by atoms with van der Waals surface area (Å²) in [5, 5.41) is 0.569. The van der Waals surface area contributed by atoms with Crippen LogP contribution in [0.3, 0.4) is 0 Å². The van der Waals surface area contributed by atoms with E-state index >= 15 is 0 Å². The third-order valence-electron chi connectivity index (χ3n) is 4.93. The Balaban J connectivity index is 1.47. The van der Waals surface area contributed by atoms with E-state index < -0.39 is 0 Å². The summed E-state index contributed by atoms with van der Waals surface area (Å²) in [7, 11) is 0. The number of halogens is 2. The van der Waals surface area contributed by atoms with E-state index in [-0.39, 0.29) is 16.0 Å². The summed E-state index contributed by atoms with van der Waals surface area (Å²) in [5.74, 6) is 0.806. The Labute approximate surface area is 191 Å². The topological polar surface area (TPSA) is 38.8 Å². The van der Waals surface area contributed by atoms with Gasteiger partial charge < -0.3 is 9.47 Å². The lowest BCUT2D eigenvalue weighted by Gasteiger charge is -2.21. The molecule has 1 heterocycles. The van der Waals surface area contributed by atoms with Crippen molar-refractivity contribution in [3.63, 3.8) is 0 Å². The van der Waals surface area contributed by atoms with Crippen LogP contribution in [0, 0.1) is 0 Å². The van der Waals surface area contributed by atoms with Crippen molar-refractivity contribution in [3.05, 3.63) is 112 Å². The molecule has 0 radical (unpaired) electrons. The third kappa shape index (κ3) is 5.40. The molecule has 158 valence electrons. The van der Waals surface area contributed by atoms with E-state index in [1.165, 1.54) is 16.7 Å². The molecular weight excluding hydrogens is 433 g/mol. The standard InChI is InChI=1S/C25H21Cl2NO3/c26-22-14-20(15-23(27)24(22)31-17-19-9-5-2-6-10-19)25(29)28-11-12-30-21(16-28)13-18-7-3-1-4-8-18/h1-3,5-7,9-12,14-16H,4,8,13,17H2. The number of allylic oxidation sites excluding steroid dienone is 4. The van der Waals surface area contributed by atoms with Crippen LogP contribution in [0.1, 0.15) is 35.2 Å². The van der Waals surface area contributed by atoms with Gasteiger partial charge in [-0.1, -0.05) is 77.3 Å². The molecule has 0 N–H and O–H groups in total. The molecule has 0 saturated carbocycles. The Kier molecular flexibility index (Phi) is 6.80. The predicted molar refractivity (Wildman–Crippen MR) is 123 cm³/mol. The first-order valence-corrected chi connectivity index (χ1v) is 10.7. The third-order valence-corrected chi connectivity index (χ3v) is 5.49. The normalized spacial score (nSPS) is 15.2. The Bertz CT molecular complexity index is 1060. The van der Waals surface area contributed by atoms with Crippen molar-refractivity contribution in [2.45, 2.75) is 25.9 Å². The van der Waals surface area contributed by atoms with Gasteiger partial charge in [-0.3, -0.25) is 9.69 Å². The van der Waals surface area contributed by atoms with E-state index in [1.54, 1.807) is 24.5 Å². The molecule has 0 fully saturated rings. The molecule has 0 atom stereocenters. The van der Waals surface area contributed by atoms with Crippen molar-refractivity contribution >= 4 is 29.1 Å². The molecule has 0 bridgehead atoms. The summed E-state index contributed by atoms with van der Waals surface area (Å²) < 4.78 is 11.4. The number of amides is 1. The van der Waals surface area contributed by atoms with Gasteiger partial charge in [-0.15, -0.1) is 0 Å². The van der Waals surface area contributed by atoms with Gasteiger partial charge in [0.15, 0.2) is 5.75 Å². The largest absolute Gasteiger partial charge is 0.486 e. The van der Waals surface area contributed by atoms with Crippen LogP contribution in [0.5, 0.6) is 5.75 Å². The van der Waals surface area contributed by atoms with Crippen LogP contribution in [-0.4, -0.2) is 10.8 Å². The summed E-state index contributed by atoms with van der Waals surface area (Å²) in [5.41, 5.74) is 2.63. The number of ether oxygens (including phenoxy) is 2. The van der Waals surface area contributed by atoms with Gasteiger partial charge in [0, 0.05) is 18.2 Å². The highest BCUT2D eigenvalue weighted by Crippen LogP contribution is 2.35. The molecule has 0 spiro atoms. The minimum Gasteiger partial charge on any atom is -0.486 e. The van der Waals surface area contributed by atoms with Crippen LogP contribution in [0.25, 0.3) is 0 Å². The maximum atomic E-state index is 13.0. The van der Waals surface area contributed by atoms with Crippen LogP contribution in [0.4, 0.5) is 0 Å². The van der Waals surface area contributed by atoms with E-state index in [9.17, 15) is 4.79 Å². The number of carbonyl (C=O) groups is 1. The van der Waals surface area contributed by atoms with Gasteiger partial charge in [0.05, 0.1) is 16.2 Å². The SMILES string of the molecule is O=C(c1cc(Cl)c(OCc2ccccc2)c(Cl)c1)N1C=COC(CC2=CC=CCC2)=C1. The summed E-state index contributed by atoms with van der Waals surface area (Å²) in [6.45, 7) is 0.330. The number of carbonyl (C=O) groups excluding carboxylic acids is 1. The average Bonchev–Trinajstić information content (AvgIpc) is 2.79. The van der Waals surface area contributed by atoms with Crippen LogP contribution < -0.4 is 4.74 Å². The Morgan fingerprint density at radius 1 is 1.13 bits per heavy atom. The minimum absolute atomic E-state index is 0.257. The summed E-state index contributed by atoms with van der Waals surface area (Å²) in [6, 6.07) is 12.9. The van der Waals surface area contributed by atoms with Gasteiger partial charge in [0.2, 0.25) is 0 Å². The molecule has 2 aromatic rings. The van der Waals surface area contributed by atoms with E-state index in [1.807, 2.05) is 36.4 Å². The number of hydrogen-bond donors (Lipinski definition) is 0. The fraction of sp³-hybridized carbons (Fsp3) is 0.160. The van der Waals surface area contributed by atoms with Crippen molar-refractivity contribution in [2.24, 2.45) is 0 Å². The monoisotopic (exact) mass is 453 g/mol. The molecule has 2 aliphatic rings. The zero-order valence-electron chi connectivity index (χ0n) is 16.8. The Morgan fingerprint density at radius 3 is 2.61 bits per heavy atom. The molecule has 1 aliphatic heterocycles. The first kappa shape index (κ1) is 21.3. The smallest absolute Gasteiger partial charge is 0.262 e. The number of rotatable bonds is 6. The second-order valence-corrected chi connectivity index (χ2v) is 8.04. The second kappa shape index (κ2) is 9.90. The fourth-order valence-electron chi connectivity index (χ4n) is 3.35. The first-order chi connectivity index (χ1) is 15.1. The molecule has 6 heteroatoms. The average molecular weight is 454 g/mol. The highest BCUT2D eigenvalue weighted by molar-refractivity contribution is 6.37. The maximum absolute atomic E-state index is 13.0. The molecule has 31 heavy (non-hydrogen) atoms. The lowest BCUT2D eigenvalue weighted by atomic mass is 10.0. The van der Waals surface area contributed by atoms with Gasteiger partial charge >= 0.3 is 0 Å². The van der Waals surface area contributed by atoms with E-state index in [0.717, 1.165) is 18.4 Å². The van der Waals surface area contributed by atoms with Crippen molar-refractivity contribution in [3.8, 4) is 5.75 Å². The van der Waals surface area contributed by atoms with Crippen molar-refractivity contribution < 1.29 is 14.3 Å². The molecule has 1 aliphatic carbocycles. The summed E-state index contributed by atoms with van der Waals surface area (Å²) in [6.07, 6.45) is 13.7. The first-order valence-electron chi connectivity index (χ1n) is 9.97. The zero-order chi connectivity index (χ0) is 21.6. The van der Waals surface area contributed by atoms with Crippen LogP contribution in [0.15, 0.2) is 90.7 Å². The highest BCUT2D eigenvalue weighted by atomic mass is 35.5. The van der Waals surface area contributed by atoms with Gasteiger partial charge in [-0.25, -0.2) is 0 Å². The summed E-state index contributed by atoms with van der Waals surface area (Å²) >= 11 is 12.8. The molecule has 2 aromatic carbocycles. The zero-order valence-corrected chi connectivity index (χ0v) is 18.3. The molecule has 0 aromatic heterocycles. The lowest BCUT2D eigenvalue weighted by Crippen LogP contribution is -2.23. The fourth-order valence-corrected chi connectivity index (χ4v) is 3.95. The van der Waals surface area contributed by atoms with Crippen molar-refractivity contribution in [1.82, 2.24) is 4.90 Å². The van der Waals surface area contributed by atoms with Crippen LogP contribution in [0.2, 0.25) is 10.0 Å². The van der Waals surface area contributed by atoms with Crippen LogP contribution >= 0.6 is 23.2 Å². The lowest BCUT2D eigenvalue weighted by molar-refractivity contribution is 0.0854. The Hall–Kier alpha value is -2.95. The van der Waals surface area contributed by atoms with E-state index in [0.29, 0.717) is 30.1 Å². The molecular formula is C25H21Cl2NO3. The maximum Gasteiger partial charge on any atom is 0.262 e. The molecule has 0 saturated heterocycles. The van der Waals surface area contributed by atoms with Gasteiger partial charge in [-0.2, -0.15) is 0 Å². The highest BCUT2D eigenvalue weighted by Gasteiger charge is 2.20. The molecule has 4 nitrogen and oxygen atoms in total. The number of nitrogens with zero attached hydrogens (tertiary/aromatic N) is 1. The molecule has 0 unspecified atom stereocenters. The van der Waals surface area contributed by atoms with Gasteiger partial charge in [0.1, 0.15) is 18.6 Å². The van der Waals surface area contributed by atoms with Crippen LogP contribution in [-0.2, 0) is 11.3 Å². The quantitative estimate of drug-likeness (QED) is 0.471. The molecule has 4 rings (SSSR count). The number of benzene rings is 2. The molecule has 1 amide bonds. The van der Waals surface area contributed by atoms with Crippen molar-refractivity contribution in [1.29, 1.82) is 0 Å². The van der Waals surface area contributed by atoms with E-state index in [2.05, 4.69) is 12.2 Å².